The van der Waals surface area contributed by atoms with Gasteiger partial charge in [0, 0.05) is 38.7 Å². The van der Waals surface area contributed by atoms with E-state index in [1.165, 1.54) is 0 Å². The SMILES string of the molecule is CCOC(=O)N1CCN(CC(=O)Cc2cc(O)c(O)c([N+](=O)[O-])c2)CC1.Cl.Cl. The maximum absolute atomic E-state index is 12.2. The average molecular weight is 440 g/mol. The molecule has 0 unspecified atom stereocenters. The van der Waals surface area contributed by atoms with Crippen LogP contribution in [0.2, 0.25) is 0 Å². The Morgan fingerprint density at radius 2 is 1.79 bits per heavy atom. The standard InChI is InChI=1S/C16H21N3O7.2ClH/c1-2-26-16(23)18-5-3-17(4-6-18)10-12(20)7-11-8-13(19(24)25)15(22)14(21)9-11;;/h8-9,21-22H,2-7,10H2,1H3;2*1H. The molecule has 0 aliphatic carbocycles. The molecule has 1 aliphatic heterocycles. The van der Waals surface area contributed by atoms with Gasteiger partial charge >= 0.3 is 11.8 Å². The number of ether oxygens (including phenoxy) is 1. The number of carbonyl (C=O) groups is 2. The van der Waals surface area contributed by atoms with Crippen molar-refractivity contribution in [2.24, 2.45) is 0 Å². The molecule has 1 aromatic rings. The van der Waals surface area contributed by atoms with Crippen molar-refractivity contribution < 1.29 is 29.5 Å². The normalized spacial score (nSPS) is 13.8. The number of piperazine rings is 1. The van der Waals surface area contributed by atoms with Gasteiger partial charge in [0.25, 0.3) is 0 Å². The van der Waals surface area contributed by atoms with E-state index in [0.717, 1.165) is 12.1 Å². The van der Waals surface area contributed by atoms with Gasteiger partial charge in [-0.25, -0.2) is 4.79 Å². The van der Waals surface area contributed by atoms with E-state index in [2.05, 4.69) is 0 Å². The van der Waals surface area contributed by atoms with Crippen LogP contribution in [0.4, 0.5) is 10.5 Å². The van der Waals surface area contributed by atoms with Crippen molar-refractivity contribution in [2.45, 2.75) is 13.3 Å². The highest BCUT2D eigenvalue weighted by molar-refractivity contribution is 5.85. The number of ketones is 1. The first-order valence-electron chi connectivity index (χ1n) is 8.16. The van der Waals surface area contributed by atoms with Gasteiger partial charge in [0.2, 0.25) is 5.75 Å². The zero-order chi connectivity index (χ0) is 19.3. The minimum absolute atomic E-state index is 0. The van der Waals surface area contributed by atoms with E-state index in [9.17, 15) is 29.9 Å². The molecular formula is C16H23Cl2N3O7. The van der Waals surface area contributed by atoms with Gasteiger partial charge in [0.1, 0.15) is 0 Å². The van der Waals surface area contributed by atoms with E-state index >= 15 is 0 Å². The van der Waals surface area contributed by atoms with Crippen LogP contribution in [0.15, 0.2) is 12.1 Å². The molecule has 0 aromatic heterocycles. The summed E-state index contributed by atoms with van der Waals surface area (Å²) in [5, 5.41) is 29.9. The highest BCUT2D eigenvalue weighted by Crippen LogP contribution is 2.36. The topological polar surface area (TPSA) is 133 Å². The Kier molecular flexibility index (Phi) is 10.6. The average Bonchev–Trinajstić information content (AvgIpc) is 2.58. The molecule has 12 heteroatoms. The van der Waals surface area contributed by atoms with Gasteiger partial charge in [0.15, 0.2) is 11.5 Å². The van der Waals surface area contributed by atoms with Crippen molar-refractivity contribution in [3.63, 3.8) is 0 Å². The van der Waals surface area contributed by atoms with Crippen LogP contribution >= 0.6 is 24.8 Å². The zero-order valence-electron chi connectivity index (χ0n) is 15.2. The minimum atomic E-state index is -0.822. The third kappa shape index (κ3) is 6.70. The Balaban J connectivity index is 0.00000364. The molecular weight excluding hydrogens is 417 g/mol. The van der Waals surface area contributed by atoms with E-state index in [1.54, 1.807) is 11.8 Å². The summed E-state index contributed by atoms with van der Waals surface area (Å²) in [7, 11) is 0. The molecule has 0 radical (unpaired) electrons. The van der Waals surface area contributed by atoms with Gasteiger partial charge in [-0.05, 0) is 18.6 Å². The molecule has 2 rings (SSSR count). The van der Waals surface area contributed by atoms with Crippen LogP contribution in [-0.2, 0) is 16.0 Å². The molecule has 10 nitrogen and oxygen atoms in total. The molecule has 1 aliphatic rings. The second kappa shape index (κ2) is 11.5. The highest BCUT2D eigenvalue weighted by atomic mass is 35.5. The molecule has 0 spiro atoms. The van der Waals surface area contributed by atoms with E-state index in [0.29, 0.717) is 32.8 Å². The van der Waals surface area contributed by atoms with Crippen LogP contribution in [-0.4, -0.2) is 76.1 Å². The maximum atomic E-state index is 12.2. The number of aromatic hydroxyl groups is 2. The molecule has 158 valence electrons. The van der Waals surface area contributed by atoms with Gasteiger partial charge in [0.05, 0.1) is 18.1 Å². The lowest BCUT2D eigenvalue weighted by Crippen LogP contribution is -2.50. The Bertz CT molecular complexity index is 710. The van der Waals surface area contributed by atoms with Crippen molar-refractivity contribution in [1.29, 1.82) is 0 Å². The largest absolute Gasteiger partial charge is 0.504 e. The molecule has 1 amide bonds. The number of hydrogen-bond donors (Lipinski definition) is 2. The number of amides is 1. The molecule has 0 bridgehead atoms. The van der Waals surface area contributed by atoms with Gasteiger partial charge in [-0.1, -0.05) is 0 Å². The Labute approximate surface area is 174 Å². The predicted molar refractivity (Wildman–Crippen MR) is 105 cm³/mol. The smallest absolute Gasteiger partial charge is 0.409 e. The highest BCUT2D eigenvalue weighted by Gasteiger charge is 2.24. The first-order valence-corrected chi connectivity index (χ1v) is 8.16. The molecule has 0 saturated carbocycles. The van der Waals surface area contributed by atoms with Gasteiger partial charge in [-0.15, -0.1) is 24.8 Å². The van der Waals surface area contributed by atoms with Crippen LogP contribution in [0.3, 0.4) is 0 Å². The van der Waals surface area contributed by atoms with E-state index < -0.39 is 22.1 Å². The summed E-state index contributed by atoms with van der Waals surface area (Å²) >= 11 is 0. The summed E-state index contributed by atoms with van der Waals surface area (Å²) in [4.78, 5) is 37.3. The maximum Gasteiger partial charge on any atom is 0.409 e. The van der Waals surface area contributed by atoms with Crippen LogP contribution in [0.1, 0.15) is 12.5 Å². The Morgan fingerprint density at radius 1 is 1.18 bits per heavy atom. The van der Waals surface area contributed by atoms with Crippen LogP contribution in [0.25, 0.3) is 0 Å². The van der Waals surface area contributed by atoms with Crippen molar-refractivity contribution in [3.8, 4) is 11.5 Å². The summed E-state index contributed by atoms with van der Waals surface area (Å²) in [6.07, 6.45) is -0.474. The summed E-state index contributed by atoms with van der Waals surface area (Å²) in [6.45, 7) is 4.12. The number of nitro groups is 1. The Morgan fingerprint density at radius 3 is 2.32 bits per heavy atom. The molecule has 2 N–H and O–H groups in total. The molecule has 1 saturated heterocycles. The fraction of sp³-hybridized carbons (Fsp3) is 0.500. The lowest BCUT2D eigenvalue weighted by Gasteiger charge is -2.33. The minimum Gasteiger partial charge on any atom is -0.504 e. The first-order chi connectivity index (χ1) is 12.3. The van der Waals surface area contributed by atoms with Crippen molar-refractivity contribution >= 4 is 42.4 Å². The number of phenolic OH excluding ortho intramolecular Hbond substituents is 2. The third-order valence-electron chi connectivity index (χ3n) is 4.03. The molecule has 0 atom stereocenters. The second-order valence-electron chi connectivity index (χ2n) is 5.92. The number of rotatable bonds is 6. The first kappa shape index (κ1) is 25.7. The number of benzene rings is 1. The van der Waals surface area contributed by atoms with Crippen LogP contribution in [0.5, 0.6) is 11.5 Å². The van der Waals surface area contributed by atoms with Gasteiger partial charge in [-0.2, -0.15) is 0 Å². The number of carbonyl (C=O) groups excluding carboxylic acids is 2. The summed E-state index contributed by atoms with van der Waals surface area (Å²) in [5.41, 5.74) is -0.391. The van der Waals surface area contributed by atoms with Gasteiger partial charge in [-0.3, -0.25) is 19.8 Å². The number of phenols is 2. The summed E-state index contributed by atoms with van der Waals surface area (Å²) in [6, 6.07) is 2.21. The van der Waals surface area contributed by atoms with E-state index in [1.807, 2.05) is 4.90 Å². The number of Topliss-reactive ketones (excluding diaryl/α,β-unsaturated/α-hetero) is 1. The molecule has 1 aromatic carbocycles. The van der Waals surface area contributed by atoms with E-state index in [4.69, 9.17) is 4.74 Å². The van der Waals surface area contributed by atoms with Crippen LogP contribution in [0, 0.1) is 10.1 Å². The zero-order valence-corrected chi connectivity index (χ0v) is 16.8. The Hall–Kier alpha value is -2.30. The number of hydrogen-bond acceptors (Lipinski definition) is 8. The lowest BCUT2D eigenvalue weighted by molar-refractivity contribution is -0.386. The van der Waals surface area contributed by atoms with Crippen molar-refractivity contribution in [2.75, 3.05) is 39.3 Å². The van der Waals surface area contributed by atoms with Crippen molar-refractivity contribution in [1.82, 2.24) is 9.80 Å². The van der Waals surface area contributed by atoms with Crippen molar-refractivity contribution in [3.05, 3.63) is 27.8 Å². The second-order valence-corrected chi connectivity index (χ2v) is 5.92. The monoisotopic (exact) mass is 439 g/mol. The summed E-state index contributed by atoms with van der Waals surface area (Å²) < 4.78 is 4.93. The summed E-state index contributed by atoms with van der Waals surface area (Å²) in [5.74, 6) is -1.64. The van der Waals surface area contributed by atoms with E-state index in [-0.39, 0.29) is 55.2 Å². The predicted octanol–water partition coefficient (Wildman–Crippen LogP) is 1.74. The fourth-order valence-electron chi connectivity index (χ4n) is 2.74. The number of nitro benzene ring substituents is 1. The van der Waals surface area contributed by atoms with Crippen LogP contribution < -0.4 is 0 Å². The quantitative estimate of drug-likeness (QED) is 0.388. The molecule has 1 heterocycles. The van der Waals surface area contributed by atoms with Gasteiger partial charge < -0.3 is 19.8 Å². The fourth-order valence-corrected chi connectivity index (χ4v) is 2.74. The lowest BCUT2D eigenvalue weighted by atomic mass is 10.1. The third-order valence-corrected chi connectivity index (χ3v) is 4.03. The number of halogens is 2. The number of nitrogens with zero attached hydrogens (tertiary/aromatic N) is 3. The molecule has 28 heavy (non-hydrogen) atoms. The molecule has 1 fully saturated rings.